The van der Waals surface area contributed by atoms with Crippen LogP contribution in [0.25, 0.3) is 11.1 Å². The zero-order valence-electron chi connectivity index (χ0n) is 12.2. The van der Waals surface area contributed by atoms with Crippen molar-refractivity contribution in [3.8, 4) is 0 Å². The summed E-state index contributed by atoms with van der Waals surface area (Å²) in [6, 6.07) is 15.4. The molecule has 4 nitrogen and oxygen atoms in total. The van der Waals surface area contributed by atoms with Gasteiger partial charge in [-0.25, -0.2) is 9.98 Å². The molecule has 1 aliphatic heterocycles. The first-order chi connectivity index (χ1) is 11.2. The molecule has 1 aliphatic carbocycles. The minimum atomic E-state index is -0.260. The average Bonchev–Trinajstić information content (AvgIpc) is 3.05. The maximum Gasteiger partial charge on any atom is 0.239 e. The van der Waals surface area contributed by atoms with Crippen LogP contribution in [0.1, 0.15) is 30.4 Å². The van der Waals surface area contributed by atoms with Gasteiger partial charge in [-0.15, -0.1) is 0 Å². The Morgan fingerprint density at radius 3 is 2.70 bits per heavy atom. The smallest absolute Gasteiger partial charge is 0.239 e. The fourth-order valence-electron chi connectivity index (χ4n) is 3.03. The van der Waals surface area contributed by atoms with Crippen molar-refractivity contribution in [2.75, 3.05) is 0 Å². The second-order valence-corrected chi connectivity index (χ2v) is 6.49. The Morgan fingerprint density at radius 2 is 1.91 bits per heavy atom. The van der Waals surface area contributed by atoms with Crippen molar-refractivity contribution in [1.82, 2.24) is 4.98 Å². The average molecular weight is 325 g/mol. The van der Waals surface area contributed by atoms with Crippen LogP contribution < -0.4 is 0 Å². The minimum absolute atomic E-state index is 0.212. The molecule has 2 heterocycles. The van der Waals surface area contributed by atoms with E-state index in [0.717, 1.165) is 29.5 Å². The van der Waals surface area contributed by atoms with E-state index in [0.29, 0.717) is 16.8 Å². The van der Waals surface area contributed by atoms with Crippen molar-refractivity contribution >= 4 is 28.6 Å². The van der Waals surface area contributed by atoms with Crippen molar-refractivity contribution in [2.45, 2.75) is 24.5 Å². The van der Waals surface area contributed by atoms with Gasteiger partial charge >= 0.3 is 0 Å². The molecule has 1 aromatic heterocycles. The van der Waals surface area contributed by atoms with Crippen molar-refractivity contribution in [1.29, 1.82) is 0 Å². The third kappa shape index (κ3) is 2.05. The van der Waals surface area contributed by atoms with Crippen molar-refractivity contribution in [3.63, 3.8) is 0 Å². The Balaban J connectivity index is 1.54. The van der Waals surface area contributed by atoms with Crippen LogP contribution in [0.15, 0.2) is 57.9 Å². The Morgan fingerprint density at radius 1 is 1.09 bits per heavy atom. The Hall–Kier alpha value is -2.33. The maximum absolute atomic E-state index is 6.13. The molecular formula is C18H13ClN2O2. The van der Waals surface area contributed by atoms with Crippen LogP contribution in [-0.4, -0.2) is 16.4 Å². The number of benzene rings is 2. The van der Waals surface area contributed by atoms with E-state index < -0.39 is 0 Å². The van der Waals surface area contributed by atoms with E-state index in [-0.39, 0.29) is 11.6 Å². The number of hydrogen-bond donors (Lipinski definition) is 0. The van der Waals surface area contributed by atoms with E-state index in [2.05, 4.69) is 4.98 Å². The summed E-state index contributed by atoms with van der Waals surface area (Å²) < 4.78 is 12.0. The molecule has 1 saturated carbocycles. The number of rotatable bonds is 2. The van der Waals surface area contributed by atoms with Gasteiger partial charge in [0.1, 0.15) is 11.1 Å². The largest absolute Gasteiger partial charge is 0.461 e. The highest BCUT2D eigenvalue weighted by Crippen LogP contribution is 2.55. The summed E-state index contributed by atoms with van der Waals surface area (Å²) in [6.45, 7) is 0. The van der Waals surface area contributed by atoms with Gasteiger partial charge in [0, 0.05) is 10.6 Å². The zero-order valence-corrected chi connectivity index (χ0v) is 13.0. The molecule has 5 rings (SSSR count). The van der Waals surface area contributed by atoms with Crippen molar-refractivity contribution in [2.24, 2.45) is 4.99 Å². The number of nitrogens with zero attached hydrogens (tertiary/aromatic N) is 2. The van der Waals surface area contributed by atoms with E-state index in [1.165, 1.54) is 0 Å². The van der Waals surface area contributed by atoms with Gasteiger partial charge < -0.3 is 9.15 Å². The first kappa shape index (κ1) is 13.1. The van der Waals surface area contributed by atoms with Crippen LogP contribution >= 0.6 is 11.6 Å². The number of fused-ring (bicyclic) bond motifs is 1. The molecule has 5 heteroatoms. The van der Waals surface area contributed by atoms with E-state index >= 15 is 0 Å². The van der Waals surface area contributed by atoms with E-state index in [1.54, 1.807) is 12.1 Å². The van der Waals surface area contributed by atoms with E-state index in [9.17, 15) is 0 Å². The normalized spacial score (nSPS) is 21.4. The number of aromatic nitrogens is 1. The molecule has 1 unspecified atom stereocenters. The monoisotopic (exact) mass is 324 g/mol. The highest BCUT2D eigenvalue weighted by atomic mass is 35.5. The zero-order chi connectivity index (χ0) is 15.4. The van der Waals surface area contributed by atoms with Crippen LogP contribution in [0.3, 0.4) is 0 Å². The van der Waals surface area contributed by atoms with Gasteiger partial charge in [0.15, 0.2) is 5.58 Å². The third-order valence-corrected chi connectivity index (χ3v) is 4.65. The quantitative estimate of drug-likeness (QED) is 0.695. The predicted molar refractivity (Wildman–Crippen MR) is 87.8 cm³/mol. The van der Waals surface area contributed by atoms with Crippen molar-refractivity contribution in [3.05, 3.63) is 65.0 Å². The van der Waals surface area contributed by atoms with Gasteiger partial charge in [-0.2, -0.15) is 0 Å². The molecule has 114 valence electrons. The number of ether oxygens (including phenoxy) is 1. The highest BCUT2D eigenvalue weighted by molar-refractivity contribution is 6.31. The lowest BCUT2D eigenvalue weighted by atomic mass is 10.1. The van der Waals surface area contributed by atoms with Gasteiger partial charge in [-0.1, -0.05) is 29.8 Å². The molecule has 23 heavy (non-hydrogen) atoms. The maximum atomic E-state index is 6.13. The molecule has 1 fully saturated rings. The Kier molecular flexibility index (Phi) is 2.62. The number of aliphatic imine (C=N–C) groups is 1. The topological polar surface area (TPSA) is 47.6 Å². The summed E-state index contributed by atoms with van der Waals surface area (Å²) in [5.41, 5.74) is 2.24. The fraction of sp³-hybridized carbons (Fsp3) is 0.222. The first-order valence-corrected chi connectivity index (χ1v) is 7.99. The summed E-state index contributed by atoms with van der Waals surface area (Å²) in [4.78, 5) is 9.39. The molecule has 0 bridgehead atoms. The third-order valence-electron chi connectivity index (χ3n) is 4.42. The van der Waals surface area contributed by atoms with Crippen LogP contribution in [0.2, 0.25) is 5.02 Å². The highest BCUT2D eigenvalue weighted by Gasteiger charge is 2.58. The molecule has 3 aromatic rings. The van der Waals surface area contributed by atoms with E-state index in [4.69, 9.17) is 25.7 Å². The second kappa shape index (κ2) is 4.59. The van der Waals surface area contributed by atoms with Gasteiger partial charge in [-0.3, -0.25) is 0 Å². The molecule has 2 aliphatic rings. The molecule has 0 saturated heterocycles. The van der Waals surface area contributed by atoms with Gasteiger partial charge in [0.2, 0.25) is 17.9 Å². The molecule has 1 atom stereocenters. The molecular weight excluding hydrogens is 312 g/mol. The lowest BCUT2D eigenvalue weighted by Gasteiger charge is -2.12. The van der Waals surface area contributed by atoms with Crippen LogP contribution in [0.5, 0.6) is 0 Å². The number of halogens is 1. The summed E-state index contributed by atoms with van der Waals surface area (Å²) in [5.74, 6) is 1.25. The standard InChI is InChI=1S/C18H13ClN2O2/c19-12-6-7-14-13(10-12)20-17(22-14)15-18(8-9-18)21-16(23-15)11-4-2-1-3-5-11/h1-7,10,15H,8-9H2. The van der Waals surface area contributed by atoms with Crippen LogP contribution in [-0.2, 0) is 4.74 Å². The molecule has 0 N–H and O–H groups in total. The SMILES string of the molecule is Clc1ccc2oc(C3OC(c4ccccc4)=NC34CC4)nc2c1. The number of oxazole rings is 1. The summed E-state index contributed by atoms with van der Waals surface area (Å²) in [6.07, 6.45) is 1.73. The van der Waals surface area contributed by atoms with E-state index in [1.807, 2.05) is 36.4 Å². The summed E-state index contributed by atoms with van der Waals surface area (Å²) in [7, 11) is 0. The lowest BCUT2D eigenvalue weighted by molar-refractivity contribution is 0.154. The number of hydrogen-bond acceptors (Lipinski definition) is 4. The molecule has 1 spiro atoms. The Bertz CT molecular complexity index is 929. The van der Waals surface area contributed by atoms with Gasteiger partial charge in [0.05, 0.1) is 0 Å². The minimum Gasteiger partial charge on any atom is -0.461 e. The van der Waals surface area contributed by atoms with Crippen LogP contribution in [0, 0.1) is 0 Å². The Labute approximate surface area is 137 Å². The van der Waals surface area contributed by atoms with Gasteiger partial charge in [-0.05, 0) is 43.2 Å². The molecule has 2 aromatic carbocycles. The lowest BCUT2D eigenvalue weighted by Crippen LogP contribution is -2.15. The predicted octanol–water partition coefficient (Wildman–Crippen LogP) is 4.53. The van der Waals surface area contributed by atoms with Crippen LogP contribution in [0.4, 0.5) is 0 Å². The molecule has 0 radical (unpaired) electrons. The summed E-state index contributed by atoms with van der Waals surface area (Å²) in [5, 5.41) is 0.645. The van der Waals surface area contributed by atoms with Crippen molar-refractivity contribution < 1.29 is 9.15 Å². The molecule has 0 amide bonds. The fourth-order valence-corrected chi connectivity index (χ4v) is 3.20. The second-order valence-electron chi connectivity index (χ2n) is 6.05. The summed E-state index contributed by atoms with van der Waals surface area (Å²) >= 11 is 6.02. The van der Waals surface area contributed by atoms with Gasteiger partial charge in [0.25, 0.3) is 0 Å². The first-order valence-electron chi connectivity index (χ1n) is 7.61.